The molecule has 3 nitrogen and oxygen atoms in total. The van der Waals surface area contributed by atoms with Gasteiger partial charge in [-0.15, -0.1) is 0 Å². The van der Waals surface area contributed by atoms with Crippen LogP contribution in [-0.4, -0.2) is 22.8 Å². The number of pyridine rings is 1. The highest BCUT2D eigenvalue weighted by Crippen LogP contribution is 2.19. The summed E-state index contributed by atoms with van der Waals surface area (Å²) in [6.45, 7) is 2.29. The van der Waals surface area contributed by atoms with Gasteiger partial charge >= 0.3 is 0 Å². The lowest BCUT2D eigenvalue weighted by molar-refractivity contribution is 0.0785. The second-order valence-corrected chi connectivity index (χ2v) is 5.44. The second-order valence-electron chi connectivity index (χ2n) is 4.60. The molecule has 0 bridgehead atoms. The first-order chi connectivity index (χ1) is 9.47. The van der Waals surface area contributed by atoms with Crippen LogP contribution < -0.4 is 0 Å². The van der Waals surface area contributed by atoms with Gasteiger partial charge in [0, 0.05) is 30.5 Å². The summed E-state index contributed by atoms with van der Waals surface area (Å²) in [4.78, 5) is 18.0. The zero-order chi connectivity index (χ0) is 14.7. The largest absolute Gasteiger partial charge is 0.337 e. The molecule has 0 saturated heterocycles. The minimum atomic E-state index is -0.164. The summed E-state index contributed by atoms with van der Waals surface area (Å²) in [5, 5.41) is 1.07. The fraction of sp³-hybridized carbons (Fsp3) is 0.200. The van der Waals surface area contributed by atoms with Crippen LogP contribution in [-0.2, 0) is 6.54 Å². The minimum absolute atomic E-state index is 0.164. The Hall–Kier alpha value is -1.58. The molecule has 1 aromatic heterocycles. The molecule has 2 aromatic rings. The molecule has 0 N–H and O–H groups in total. The average molecular weight is 309 g/mol. The third-order valence-corrected chi connectivity index (χ3v) is 3.42. The maximum atomic E-state index is 12.3. The first kappa shape index (κ1) is 14.8. The SMILES string of the molecule is Cc1cc(Cl)c(C(=O)N(C)Cc2cccc(Cl)c2)cn1. The van der Waals surface area contributed by atoms with Gasteiger partial charge in [0.15, 0.2) is 0 Å². The molecule has 0 radical (unpaired) electrons. The number of aromatic nitrogens is 1. The molecule has 1 heterocycles. The maximum Gasteiger partial charge on any atom is 0.256 e. The van der Waals surface area contributed by atoms with Crippen LogP contribution in [0.4, 0.5) is 0 Å². The Morgan fingerprint density at radius 3 is 2.70 bits per heavy atom. The lowest BCUT2D eigenvalue weighted by Crippen LogP contribution is -2.26. The fourth-order valence-corrected chi connectivity index (χ4v) is 2.37. The van der Waals surface area contributed by atoms with E-state index >= 15 is 0 Å². The number of hydrogen-bond acceptors (Lipinski definition) is 2. The molecule has 0 aliphatic heterocycles. The third-order valence-electron chi connectivity index (χ3n) is 2.88. The second kappa shape index (κ2) is 6.25. The molecule has 20 heavy (non-hydrogen) atoms. The maximum absolute atomic E-state index is 12.3. The van der Waals surface area contributed by atoms with Crippen molar-refractivity contribution in [3.63, 3.8) is 0 Å². The van der Waals surface area contributed by atoms with Crippen molar-refractivity contribution in [2.24, 2.45) is 0 Å². The summed E-state index contributed by atoms with van der Waals surface area (Å²) in [5.41, 5.74) is 2.15. The first-order valence-corrected chi connectivity index (χ1v) is 6.85. The smallest absolute Gasteiger partial charge is 0.256 e. The number of hydrogen-bond donors (Lipinski definition) is 0. The van der Waals surface area contributed by atoms with Gasteiger partial charge in [0.05, 0.1) is 10.6 Å². The lowest BCUT2D eigenvalue weighted by atomic mass is 10.2. The van der Waals surface area contributed by atoms with Gasteiger partial charge in [0.1, 0.15) is 0 Å². The number of aryl methyl sites for hydroxylation is 1. The predicted octanol–water partition coefficient (Wildman–Crippen LogP) is 3.97. The number of nitrogens with zero attached hydrogens (tertiary/aromatic N) is 2. The number of benzene rings is 1. The Balaban J connectivity index is 2.16. The van der Waals surface area contributed by atoms with E-state index in [2.05, 4.69) is 4.98 Å². The van der Waals surface area contributed by atoms with Crippen molar-refractivity contribution < 1.29 is 4.79 Å². The fourth-order valence-electron chi connectivity index (χ4n) is 1.87. The molecule has 0 fully saturated rings. The van der Waals surface area contributed by atoms with Gasteiger partial charge in [-0.05, 0) is 30.7 Å². The van der Waals surface area contributed by atoms with Crippen molar-refractivity contribution in [3.05, 3.63) is 63.4 Å². The molecule has 5 heteroatoms. The molecular weight excluding hydrogens is 295 g/mol. The molecular formula is C15H14Cl2N2O. The summed E-state index contributed by atoms with van der Waals surface area (Å²) in [7, 11) is 1.72. The van der Waals surface area contributed by atoms with E-state index in [4.69, 9.17) is 23.2 Å². The number of amides is 1. The topological polar surface area (TPSA) is 33.2 Å². The van der Waals surface area contributed by atoms with E-state index in [1.807, 2.05) is 25.1 Å². The van der Waals surface area contributed by atoms with Gasteiger partial charge in [-0.25, -0.2) is 0 Å². The quantitative estimate of drug-likeness (QED) is 0.859. The van der Waals surface area contributed by atoms with Crippen molar-refractivity contribution in [3.8, 4) is 0 Å². The van der Waals surface area contributed by atoms with E-state index in [0.717, 1.165) is 11.3 Å². The van der Waals surface area contributed by atoms with Crippen LogP contribution in [0.1, 0.15) is 21.6 Å². The van der Waals surface area contributed by atoms with Crippen molar-refractivity contribution in [1.29, 1.82) is 0 Å². The van der Waals surface area contributed by atoms with Crippen molar-refractivity contribution in [2.45, 2.75) is 13.5 Å². The zero-order valence-corrected chi connectivity index (χ0v) is 12.7. The highest BCUT2D eigenvalue weighted by molar-refractivity contribution is 6.33. The average Bonchev–Trinajstić information content (AvgIpc) is 2.38. The van der Waals surface area contributed by atoms with E-state index < -0.39 is 0 Å². The summed E-state index contributed by atoms with van der Waals surface area (Å²) < 4.78 is 0. The molecule has 1 amide bonds. The molecule has 0 aliphatic rings. The van der Waals surface area contributed by atoms with Crippen LogP contribution in [0.3, 0.4) is 0 Å². The number of carbonyl (C=O) groups is 1. The third kappa shape index (κ3) is 3.50. The molecule has 0 aliphatic carbocycles. The van der Waals surface area contributed by atoms with E-state index in [0.29, 0.717) is 22.2 Å². The Labute approximate surface area is 128 Å². The zero-order valence-electron chi connectivity index (χ0n) is 11.2. The van der Waals surface area contributed by atoms with Crippen LogP contribution in [0.5, 0.6) is 0 Å². The van der Waals surface area contributed by atoms with E-state index in [1.54, 1.807) is 24.1 Å². The summed E-state index contributed by atoms with van der Waals surface area (Å²) in [5.74, 6) is -0.164. The normalized spacial score (nSPS) is 10.4. The lowest BCUT2D eigenvalue weighted by Gasteiger charge is -2.18. The number of halogens is 2. The van der Waals surface area contributed by atoms with E-state index in [-0.39, 0.29) is 5.91 Å². The Morgan fingerprint density at radius 2 is 2.05 bits per heavy atom. The monoisotopic (exact) mass is 308 g/mol. The Kier molecular flexibility index (Phi) is 4.63. The molecule has 0 atom stereocenters. The van der Waals surface area contributed by atoms with Crippen LogP contribution >= 0.6 is 23.2 Å². The molecule has 0 saturated carbocycles. The van der Waals surface area contributed by atoms with E-state index in [9.17, 15) is 4.79 Å². The number of carbonyl (C=O) groups excluding carboxylic acids is 1. The standard InChI is InChI=1S/C15H14Cl2N2O/c1-10-6-14(17)13(8-18-10)15(20)19(2)9-11-4-3-5-12(16)7-11/h3-8H,9H2,1-2H3. The molecule has 0 unspecified atom stereocenters. The molecule has 1 aromatic carbocycles. The molecule has 2 rings (SSSR count). The summed E-state index contributed by atoms with van der Waals surface area (Å²) in [6.07, 6.45) is 1.51. The van der Waals surface area contributed by atoms with Gasteiger partial charge in [0.25, 0.3) is 5.91 Å². The highest BCUT2D eigenvalue weighted by Gasteiger charge is 2.16. The highest BCUT2D eigenvalue weighted by atomic mass is 35.5. The first-order valence-electron chi connectivity index (χ1n) is 6.09. The van der Waals surface area contributed by atoms with Gasteiger partial charge in [-0.1, -0.05) is 35.3 Å². The van der Waals surface area contributed by atoms with Crippen LogP contribution in [0.15, 0.2) is 36.5 Å². The van der Waals surface area contributed by atoms with Crippen LogP contribution in [0.25, 0.3) is 0 Å². The Morgan fingerprint density at radius 1 is 1.30 bits per heavy atom. The van der Waals surface area contributed by atoms with Crippen LogP contribution in [0, 0.1) is 6.92 Å². The minimum Gasteiger partial charge on any atom is -0.337 e. The summed E-state index contributed by atoms with van der Waals surface area (Å²) in [6, 6.07) is 9.09. The van der Waals surface area contributed by atoms with Crippen molar-refractivity contribution in [2.75, 3.05) is 7.05 Å². The van der Waals surface area contributed by atoms with Gasteiger partial charge in [-0.2, -0.15) is 0 Å². The van der Waals surface area contributed by atoms with Gasteiger partial charge in [0.2, 0.25) is 0 Å². The van der Waals surface area contributed by atoms with E-state index in [1.165, 1.54) is 6.20 Å². The van der Waals surface area contributed by atoms with Gasteiger partial charge < -0.3 is 4.90 Å². The van der Waals surface area contributed by atoms with Crippen molar-refractivity contribution >= 4 is 29.1 Å². The predicted molar refractivity (Wildman–Crippen MR) is 81.2 cm³/mol. The molecule has 104 valence electrons. The number of rotatable bonds is 3. The van der Waals surface area contributed by atoms with Crippen LogP contribution in [0.2, 0.25) is 10.0 Å². The molecule has 0 spiro atoms. The Bertz CT molecular complexity index is 644. The summed E-state index contributed by atoms with van der Waals surface area (Å²) >= 11 is 12.0. The van der Waals surface area contributed by atoms with Gasteiger partial charge in [-0.3, -0.25) is 9.78 Å². The van der Waals surface area contributed by atoms with Crippen molar-refractivity contribution in [1.82, 2.24) is 9.88 Å².